The second kappa shape index (κ2) is 6.63. The Hall–Kier alpha value is -1.99. The van der Waals surface area contributed by atoms with Crippen LogP contribution in [0.5, 0.6) is 0 Å². The molecule has 3 aliphatic rings. The molecule has 1 saturated heterocycles. The summed E-state index contributed by atoms with van der Waals surface area (Å²) in [5.41, 5.74) is 0.923. The van der Waals surface area contributed by atoms with E-state index in [-0.39, 0.29) is 56.1 Å². The summed E-state index contributed by atoms with van der Waals surface area (Å²) >= 11 is 0. The molecule has 0 unspecified atom stereocenters. The topological polar surface area (TPSA) is 58.4 Å². The van der Waals surface area contributed by atoms with Crippen molar-refractivity contribution in [1.29, 1.82) is 0 Å². The predicted molar refractivity (Wildman–Crippen MR) is 89.4 cm³/mol. The van der Waals surface area contributed by atoms with Crippen LogP contribution in [0.3, 0.4) is 0 Å². The van der Waals surface area contributed by atoms with Crippen LogP contribution in [-0.2, 0) is 16.1 Å². The SMILES string of the molecule is O=C(C[C@@H]1CN(C(=O)C2CCC2)Cc2ccnn21)N1CCC(F)(F)CC1. The number of likely N-dealkylation sites (tertiary alicyclic amines) is 1. The van der Waals surface area contributed by atoms with Crippen LogP contribution < -0.4 is 0 Å². The molecule has 1 aromatic heterocycles. The molecular weight excluding hydrogens is 342 g/mol. The molecule has 4 rings (SSSR count). The van der Waals surface area contributed by atoms with Gasteiger partial charge in [0.15, 0.2) is 0 Å². The molecule has 1 aliphatic carbocycles. The van der Waals surface area contributed by atoms with Crippen LogP contribution >= 0.6 is 0 Å². The average Bonchev–Trinajstić information content (AvgIpc) is 3.01. The molecule has 0 N–H and O–H groups in total. The van der Waals surface area contributed by atoms with E-state index < -0.39 is 5.92 Å². The van der Waals surface area contributed by atoms with Crippen molar-refractivity contribution in [2.45, 2.75) is 57.0 Å². The smallest absolute Gasteiger partial charge is 0.251 e. The van der Waals surface area contributed by atoms with E-state index in [9.17, 15) is 18.4 Å². The second-order valence-corrected chi connectivity index (χ2v) is 7.71. The number of carbonyl (C=O) groups is 2. The molecule has 2 fully saturated rings. The minimum absolute atomic E-state index is 0.0925. The van der Waals surface area contributed by atoms with E-state index in [0.717, 1.165) is 25.0 Å². The quantitative estimate of drug-likeness (QED) is 0.824. The Morgan fingerprint density at radius 2 is 1.92 bits per heavy atom. The van der Waals surface area contributed by atoms with E-state index in [4.69, 9.17) is 0 Å². The lowest BCUT2D eigenvalue weighted by Crippen LogP contribution is -2.47. The molecule has 142 valence electrons. The highest BCUT2D eigenvalue weighted by Crippen LogP contribution is 2.32. The second-order valence-electron chi connectivity index (χ2n) is 7.71. The third-order valence-electron chi connectivity index (χ3n) is 5.91. The first kappa shape index (κ1) is 17.4. The summed E-state index contributed by atoms with van der Waals surface area (Å²) in [4.78, 5) is 28.6. The molecule has 1 atom stereocenters. The summed E-state index contributed by atoms with van der Waals surface area (Å²) in [7, 11) is 0. The number of piperidine rings is 1. The molecule has 0 radical (unpaired) electrons. The zero-order valence-corrected chi connectivity index (χ0v) is 14.7. The van der Waals surface area contributed by atoms with Crippen LogP contribution in [-0.4, -0.2) is 57.0 Å². The van der Waals surface area contributed by atoms with Crippen molar-refractivity contribution in [3.05, 3.63) is 18.0 Å². The van der Waals surface area contributed by atoms with E-state index in [1.54, 1.807) is 6.20 Å². The molecule has 6 nitrogen and oxygen atoms in total. The number of rotatable bonds is 3. The van der Waals surface area contributed by atoms with Crippen LogP contribution in [0, 0.1) is 5.92 Å². The van der Waals surface area contributed by atoms with Gasteiger partial charge in [-0.05, 0) is 18.9 Å². The first-order chi connectivity index (χ1) is 12.4. The number of halogens is 2. The van der Waals surface area contributed by atoms with Crippen molar-refractivity contribution in [3.8, 4) is 0 Å². The fourth-order valence-electron chi connectivity index (χ4n) is 4.03. The van der Waals surface area contributed by atoms with Crippen molar-refractivity contribution >= 4 is 11.8 Å². The van der Waals surface area contributed by atoms with Crippen LogP contribution in [0.2, 0.25) is 0 Å². The fraction of sp³-hybridized carbons (Fsp3) is 0.722. The van der Waals surface area contributed by atoms with Crippen LogP contribution in [0.25, 0.3) is 0 Å². The normalized spacial score (nSPS) is 25.5. The van der Waals surface area contributed by atoms with Gasteiger partial charge >= 0.3 is 0 Å². The summed E-state index contributed by atoms with van der Waals surface area (Å²) in [6, 6.07) is 1.65. The van der Waals surface area contributed by atoms with Gasteiger partial charge in [-0.1, -0.05) is 6.42 Å². The summed E-state index contributed by atoms with van der Waals surface area (Å²) in [5.74, 6) is -2.52. The Morgan fingerprint density at radius 3 is 2.58 bits per heavy atom. The number of aromatic nitrogens is 2. The van der Waals surface area contributed by atoms with Crippen LogP contribution in [0.4, 0.5) is 8.78 Å². The lowest BCUT2D eigenvalue weighted by Gasteiger charge is -2.38. The fourth-order valence-corrected chi connectivity index (χ4v) is 4.03. The Labute approximate surface area is 151 Å². The number of nitrogens with zero attached hydrogens (tertiary/aromatic N) is 4. The summed E-state index contributed by atoms with van der Waals surface area (Å²) in [5, 5.41) is 4.32. The average molecular weight is 366 g/mol. The van der Waals surface area contributed by atoms with Gasteiger partial charge < -0.3 is 9.80 Å². The van der Waals surface area contributed by atoms with Gasteiger partial charge in [0.1, 0.15) is 0 Å². The Balaban J connectivity index is 1.43. The van der Waals surface area contributed by atoms with Gasteiger partial charge in [0.25, 0.3) is 5.92 Å². The van der Waals surface area contributed by atoms with E-state index in [0.29, 0.717) is 13.1 Å². The maximum atomic E-state index is 13.3. The highest BCUT2D eigenvalue weighted by Gasteiger charge is 2.38. The maximum Gasteiger partial charge on any atom is 0.251 e. The number of hydrogen-bond acceptors (Lipinski definition) is 3. The van der Waals surface area contributed by atoms with E-state index in [2.05, 4.69) is 5.10 Å². The number of hydrogen-bond donors (Lipinski definition) is 0. The molecule has 3 heterocycles. The number of fused-ring (bicyclic) bond motifs is 1. The largest absolute Gasteiger partial charge is 0.342 e. The predicted octanol–water partition coefficient (Wildman–Crippen LogP) is 2.21. The Kier molecular flexibility index (Phi) is 4.44. The highest BCUT2D eigenvalue weighted by molar-refractivity contribution is 5.80. The zero-order chi connectivity index (χ0) is 18.3. The minimum Gasteiger partial charge on any atom is -0.342 e. The molecule has 2 amide bonds. The summed E-state index contributed by atoms with van der Waals surface area (Å²) in [6.07, 6.45) is 4.32. The zero-order valence-electron chi connectivity index (χ0n) is 14.7. The summed E-state index contributed by atoms with van der Waals surface area (Å²) < 4.78 is 28.4. The lowest BCUT2D eigenvalue weighted by atomic mass is 9.84. The van der Waals surface area contributed by atoms with E-state index in [1.165, 1.54) is 4.90 Å². The third kappa shape index (κ3) is 3.33. The molecule has 1 saturated carbocycles. The van der Waals surface area contributed by atoms with Crippen LogP contribution in [0.15, 0.2) is 12.3 Å². The standard InChI is InChI=1S/C18H24F2N4O2/c19-18(20)5-8-22(9-6-18)16(25)10-15-12-23(17(26)13-2-1-3-13)11-14-4-7-21-24(14)15/h4,7,13,15H,1-3,5-6,8-12H2/t15-/m1/s1. The molecule has 0 spiro atoms. The third-order valence-corrected chi connectivity index (χ3v) is 5.91. The molecule has 1 aromatic rings. The monoisotopic (exact) mass is 366 g/mol. The summed E-state index contributed by atoms with van der Waals surface area (Å²) in [6.45, 7) is 1.17. The molecule has 0 bridgehead atoms. The van der Waals surface area contributed by atoms with Gasteiger partial charge in [0, 0.05) is 44.6 Å². The van der Waals surface area contributed by atoms with Crippen molar-refractivity contribution in [3.63, 3.8) is 0 Å². The highest BCUT2D eigenvalue weighted by atomic mass is 19.3. The van der Waals surface area contributed by atoms with E-state index in [1.807, 2.05) is 15.6 Å². The molecule has 0 aromatic carbocycles. The number of carbonyl (C=O) groups excluding carboxylic acids is 2. The van der Waals surface area contributed by atoms with Crippen molar-refractivity contribution in [1.82, 2.24) is 19.6 Å². The van der Waals surface area contributed by atoms with Crippen molar-refractivity contribution in [2.24, 2.45) is 5.92 Å². The van der Waals surface area contributed by atoms with Gasteiger partial charge in [-0.3, -0.25) is 14.3 Å². The molecule has 26 heavy (non-hydrogen) atoms. The number of alkyl halides is 2. The van der Waals surface area contributed by atoms with Gasteiger partial charge in [-0.15, -0.1) is 0 Å². The molecule has 2 aliphatic heterocycles. The first-order valence-corrected chi connectivity index (χ1v) is 9.40. The number of amides is 2. The maximum absolute atomic E-state index is 13.3. The Bertz CT molecular complexity index is 691. The van der Waals surface area contributed by atoms with Crippen molar-refractivity contribution < 1.29 is 18.4 Å². The lowest BCUT2D eigenvalue weighted by molar-refractivity contribution is -0.143. The van der Waals surface area contributed by atoms with Gasteiger partial charge in [-0.2, -0.15) is 5.10 Å². The van der Waals surface area contributed by atoms with Gasteiger partial charge in [0.05, 0.1) is 24.7 Å². The Morgan fingerprint density at radius 1 is 1.19 bits per heavy atom. The minimum atomic E-state index is -2.66. The van der Waals surface area contributed by atoms with Gasteiger partial charge in [0.2, 0.25) is 11.8 Å². The van der Waals surface area contributed by atoms with E-state index >= 15 is 0 Å². The first-order valence-electron chi connectivity index (χ1n) is 9.40. The van der Waals surface area contributed by atoms with Gasteiger partial charge in [-0.25, -0.2) is 8.78 Å². The van der Waals surface area contributed by atoms with Crippen LogP contribution in [0.1, 0.15) is 50.3 Å². The molecule has 8 heteroatoms. The molecular formula is C18H24F2N4O2. The van der Waals surface area contributed by atoms with Crippen molar-refractivity contribution in [2.75, 3.05) is 19.6 Å².